The Morgan fingerprint density at radius 1 is 1.11 bits per heavy atom. The molecule has 0 aliphatic carbocycles. The molecule has 2 rings (SSSR count). The van der Waals surface area contributed by atoms with Gasteiger partial charge in [-0.2, -0.15) is 0 Å². The molecule has 1 aliphatic heterocycles. The third-order valence-corrected chi connectivity index (χ3v) is 4.65. The number of hydrogen-bond acceptors (Lipinski definition) is 4. The van der Waals surface area contributed by atoms with Gasteiger partial charge in [-0.3, -0.25) is 9.59 Å². The molecule has 1 atom stereocenters. The maximum Gasteiger partial charge on any atom is 0.409 e. The first-order valence-corrected chi connectivity index (χ1v) is 9.76. The van der Waals surface area contributed by atoms with E-state index in [1.165, 1.54) is 0 Å². The summed E-state index contributed by atoms with van der Waals surface area (Å²) in [6.45, 7) is 5.72. The van der Waals surface area contributed by atoms with E-state index >= 15 is 0 Å². The van der Waals surface area contributed by atoms with Crippen LogP contribution in [-0.4, -0.2) is 68.7 Å². The Labute approximate surface area is 166 Å². The van der Waals surface area contributed by atoms with E-state index in [2.05, 4.69) is 10.6 Å². The van der Waals surface area contributed by atoms with Crippen molar-refractivity contribution in [3.8, 4) is 0 Å². The van der Waals surface area contributed by atoms with Crippen molar-refractivity contribution in [1.29, 1.82) is 0 Å². The minimum absolute atomic E-state index is 0.0485. The van der Waals surface area contributed by atoms with Gasteiger partial charge in [-0.15, -0.1) is 0 Å². The van der Waals surface area contributed by atoms with Gasteiger partial charge in [0, 0.05) is 24.8 Å². The molecule has 28 heavy (non-hydrogen) atoms. The summed E-state index contributed by atoms with van der Waals surface area (Å²) in [6.07, 6.45) is 1.12. The van der Waals surface area contributed by atoms with Crippen LogP contribution in [0.4, 0.5) is 10.5 Å². The Morgan fingerprint density at radius 3 is 2.32 bits per heavy atom. The standard InChI is InChI=1S/C20H30N4O4/c1-4-28-20(27)24-11-9-17(10-12-24)22-19(26)14-23(3)13-18(25)21-16-7-5-15(2)6-8-16/h5-8,17H,4,9-14H2,1-3H3,(H,21,25)(H,22,26)/p+1. The fourth-order valence-corrected chi connectivity index (χ4v) is 3.15. The molecule has 3 amide bonds. The molecule has 154 valence electrons. The Bertz CT molecular complexity index is 669. The number of nitrogens with one attached hydrogen (secondary N) is 3. The van der Waals surface area contributed by atoms with Crippen LogP contribution in [0.2, 0.25) is 0 Å². The van der Waals surface area contributed by atoms with Crippen molar-refractivity contribution >= 4 is 23.6 Å². The van der Waals surface area contributed by atoms with Crippen molar-refractivity contribution in [3.63, 3.8) is 0 Å². The minimum Gasteiger partial charge on any atom is -0.450 e. The van der Waals surface area contributed by atoms with Crippen molar-refractivity contribution in [2.45, 2.75) is 32.7 Å². The predicted octanol–water partition coefficient (Wildman–Crippen LogP) is 0.185. The third-order valence-electron chi connectivity index (χ3n) is 4.65. The molecule has 1 saturated heterocycles. The van der Waals surface area contributed by atoms with Gasteiger partial charge in [0.25, 0.3) is 11.8 Å². The van der Waals surface area contributed by atoms with E-state index < -0.39 is 0 Å². The summed E-state index contributed by atoms with van der Waals surface area (Å²) in [4.78, 5) is 38.5. The molecule has 8 heteroatoms. The van der Waals surface area contributed by atoms with E-state index in [1.807, 2.05) is 38.2 Å². The molecule has 3 N–H and O–H groups in total. The number of hydrogen-bond donors (Lipinski definition) is 3. The third kappa shape index (κ3) is 7.19. The number of carbonyl (C=O) groups is 3. The average Bonchev–Trinajstić information content (AvgIpc) is 2.64. The number of likely N-dealkylation sites (N-methyl/N-ethyl adjacent to an activating group) is 1. The van der Waals surface area contributed by atoms with Crippen LogP contribution in [0.25, 0.3) is 0 Å². The number of aryl methyl sites for hydroxylation is 1. The summed E-state index contributed by atoms with van der Waals surface area (Å²) in [5.74, 6) is -0.216. The van der Waals surface area contributed by atoms with Gasteiger partial charge >= 0.3 is 6.09 Å². The van der Waals surface area contributed by atoms with Gasteiger partial charge < -0.3 is 25.2 Å². The number of benzene rings is 1. The van der Waals surface area contributed by atoms with Crippen molar-refractivity contribution in [2.75, 3.05) is 45.2 Å². The molecule has 1 fully saturated rings. The highest BCUT2D eigenvalue weighted by Crippen LogP contribution is 2.11. The number of likely N-dealkylation sites (tertiary alicyclic amines) is 1. The summed E-state index contributed by atoms with van der Waals surface area (Å²) in [7, 11) is 1.82. The van der Waals surface area contributed by atoms with Crippen LogP contribution in [0.15, 0.2) is 24.3 Å². The van der Waals surface area contributed by atoms with Gasteiger partial charge in [0.2, 0.25) is 0 Å². The van der Waals surface area contributed by atoms with Crippen LogP contribution >= 0.6 is 0 Å². The van der Waals surface area contributed by atoms with Crippen LogP contribution in [-0.2, 0) is 14.3 Å². The Kier molecular flexibility index (Phi) is 8.25. The number of nitrogens with zero attached hydrogens (tertiary/aromatic N) is 1. The van der Waals surface area contributed by atoms with E-state index in [0.717, 1.165) is 16.2 Å². The summed E-state index contributed by atoms with van der Waals surface area (Å²) < 4.78 is 4.99. The molecule has 0 radical (unpaired) electrons. The predicted molar refractivity (Wildman–Crippen MR) is 106 cm³/mol. The normalized spacial score (nSPS) is 15.6. The number of anilines is 1. The van der Waals surface area contributed by atoms with Gasteiger partial charge in [0.15, 0.2) is 13.1 Å². The Morgan fingerprint density at radius 2 is 1.71 bits per heavy atom. The fraction of sp³-hybridized carbons (Fsp3) is 0.550. The molecule has 1 aliphatic rings. The van der Waals surface area contributed by atoms with Crippen molar-refractivity contribution in [2.24, 2.45) is 0 Å². The lowest BCUT2D eigenvalue weighted by Gasteiger charge is -2.31. The molecular formula is C20H31N4O4+. The van der Waals surface area contributed by atoms with Crippen molar-refractivity contribution in [1.82, 2.24) is 10.2 Å². The number of ether oxygens (including phenoxy) is 1. The second-order valence-electron chi connectivity index (χ2n) is 7.25. The first-order chi connectivity index (χ1) is 13.4. The number of quaternary nitrogens is 1. The zero-order chi connectivity index (χ0) is 20.5. The van der Waals surface area contributed by atoms with Crippen molar-refractivity contribution in [3.05, 3.63) is 29.8 Å². The Hall–Kier alpha value is -2.61. The monoisotopic (exact) mass is 391 g/mol. The summed E-state index contributed by atoms with van der Waals surface area (Å²) in [5.41, 5.74) is 1.88. The van der Waals surface area contributed by atoms with Crippen LogP contribution in [0.3, 0.4) is 0 Å². The number of rotatable bonds is 7. The maximum absolute atomic E-state index is 12.2. The molecule has 0 bridgehead atoms. The van der Waals surface area contributed by atoms with Gasteiger partial charge in [-0.05, 0) is 38.8 Å². The van der Waals surface area contributed by atoms with Crippen LogP contribution in [0.1, 0.15) is 25.3 Å². The Balaban J connectivity index is 1.67. The molecule has 1 unspecified atom stereocenters. The van der Waals surface area contributed by atoms with Gasteiger partial charge in [-0.25, -0.2) is 4.79 Å². The molecule has 1 heterocycles. The molecule has 1 aromatic rings. The largest absolute Gasteiger partial charge is 0.450 e. The van der Waals surface area contributed by atoms with Crippen molar-refractivity contribution < 1.29 is 24.0 Å². The topological polar surface area (TPSA) is 92.2 Å². The number of amides is 3. The fourth-order valence-electron chi connectivity index (χ4n) is 3.15. The average molecular weight is 391 g/mol. The van der Waals surface area contributed by atoms with Crippen LogP contribution < -0.4 is 15.5 Å². The van der Waals surface area contributed by atoms with E-state index in [-0.39, 0.29) is 37.0 Å². The van der Waals surface area contributed by atoms with Gasteiger partial charge in [0.05, 0.1) is 13.7 Å². The maximum atomic E-state index is 12.2. The quantitative estimate of drug-likeness (QED) is 0.619. The first-order valence-electron chi connectivity index (χ1n) is 9.76. The number of piperidine rings is 1. The molecule has 1 aromatic carbocycles. The molecule has 0 aromatic heterocycles. The summed E-state index contributed by atoms with van der Waals surface area (Å²) >= 11 is 0. The first kappa shape index (κ1) is 21.7. The molecule has 0 spiro atoms. The van der Waals surface area contributed by atoms with E-state index in [4.69, 9.17) is 4.74 Å². The lowest BCUT2D eigenvalue weighted by molar-refractivity contribution is -0.862. The lowest BCUT2D eigenvalue weighted by atomic mass is 10.1. The lowest BCUT2D eigenvalue weighted by Crippen LogP contribution is -3.11. The highest BCUT2D eigenvalue weighted by atomic mass is 16.6. The highest BCUT2D eigenvalue weighted by molar-refractivity contribution is 5.91. The smallest absolute Gasteiger partial charge is 0.409 e. The zero-order valence-corrected chi connectivity index (χ0v) is 16.9. The minimum atomic E-state index is -0.295. The van der Waals surface area contributed by atoms with E-state index in [9.17, 15) is 14.4 Å². The SMILES string of the molecule is CCOC(=O)N1CCC(NC(=O)C[NH+](C)CC(=O)Nc2ccc(C)cc2)CC1. The van der Waals surface area contributed by atoms with Gasteiger partial charge in [0.1, 0.15) is 0 Å². The summed E-state index contributed by atoms with van der Waals surface area (Å²) in [6, 6.07) is 7.64. The highest BCUT2D eigenvalue weighted by Gasteiger charge is 2.25. The second-order valence-corrected chi connectivity index (χ2v) is 7.25. The van der Waals surface area contributed by atoms with E-state index in [1.54, 1.807) is 11.8 Å². The van der Waals surface area contributed by atoms with E-state index in [0.29, 0.717) is 32.5 Å². The number of carbonyl (C=O) groups excluding carboxylic acids is 3. The molecule has 8 nitrogen and oxygen atoms in total. The molecular weight excluding hydrogens is 360 g/mol. The molecule has 0 saturated carbocycles. The van der Waals surface area contributed by atoms with Crippen LogP contribution in [0, 0.1) is 6.92 Å². The summed E-state index contributed by atoms with van der Waals surface area (Å²) in [5, 5.41) is 5.84. The van der Waals surface area contributed by atoms with Crippen LogP contribution in [0.5, 0.6) is 0 Å². The van der Waals surface area contributed by atoms with Gasteiger partial charge in [-0.1, -0.05) is 17.7 Å². The second kappa shape index (κ2) is 10.7. The zero-order valence-electron chi connectivity index (χ0n) is 16.9.